The van der Waals surface area contributed by atoms with E-state index in [1.54, 1.807) is 17.9 Å². The highest BCUT2D eigenvalue weighted by atomic mass is 16.6. The van der Waals surface area contributed by atoms with E-state index in [9.17, 15) is 9.59 Å². The molecule has 42 heavy (non-hydrogen) atoms. The Hall–Kier alpha value is -4.17. The van der Waals surface area contributed by atoms with Crippen LogP contribution in [0.5, 0.6) is 5.75 Å². The second-order valence-corrected chi connectivity index (χ2v) is 11.9. The zero-order chi connectivity index (χ0) is 30.0. The number of hydrogen-bond donors (Lipinski definition) is 0. The lowest BCUT2D eigenvalue weighted by molar-refractivity contribution is 0.0542. The first-order chi connectivity index (χ1) is 20.1. The summed E-state index contributed by atoms with van der Waals surface area (Å²) < 4.78 is 18.1. The zero-order valence-electron chi connectivity index (χ0n) is 25.2. The van der Waals surface area contributed by atoms with E-state index in [1.165, 1.54) is 12.7 Å². The van der Waals surface area contributed by atoms with Crippen molar-refractivity contribution >= 4 is 23.0 Å². The summed E-state index contributed by atoms with van der Waals surface area (Å²) in [5.74, 6) is 0.818. The Balaban J connectivity index is 1.53. The van der Waals surface area contributed by atoms with Gasteiger partial charge in [0, 0.05) is 42.1 Å². The summed E-state index contributed by atoms with van der Waals surface area (Å²) in [4.78, 5) is 31.9. The highest BCUT2D eigenvalue weighted by Gasteiger charge is 2.32. The zero-order valence-corrected chi connectivity index (χ0v) is 25.2. The van der Waals surface area contributed by atoms with Gasteiger partial charge in [0.05, 0.1) is 25.3 Å². The fourth-order valence-corrected chi connectivity index (χ4v) is 6.02. The summed E-state index contributed by atoms with van der Waals surface area (Å²) in [7, 11) is 3.08. The van der Waals surface area contributed by atoms with E-state index in [2.05, 4.69) is 22.0 Å². The van der Waals surface area contributed by atoms with Crippen LogP contribution in [-0.4, -0.2) is 52.9 Å². The number of methoxy groups -OCH3 is 2. The molecule has 8 heteroatoms. The molecule has 1 saturated heterocycles. The molecule has 2 atom stereocenters. The first-order valence-corrected chi connectivity index (χ1v) is 14.3. The fraction of sp³-hybridized carbons (Fsp3) is 0.382. The van der Waals surface area contributed by atoms with Crippen LogP contribution in [0.2, 0.25) is 0 Å². The quantitative estimate of drug-likeness (QED) is 0.230. The maximum Gasteiger partial charge on any atom is 0.419 e. The maximum absolute atomic E-state index is 13.1. The Morgan fingerprint density at radius 3 is 2.36 bits per heavy atom. The number of pyridine rings is 1. The van der Waals surface area contributed by atoms with Crippen LogP contribution >= 0.6 is 0 Å². The molecule has 2 aromatic carbocycles. The van der Waals surface area contributed by atoms with E-state index in [-0.39, 0.29) is 12.0 Å². The number of ether oxygens (including phenoxy) is 3. The first kappa shape index (κ1) is 29.3. The molecule has 0 amide bonds. The van der Waals surface area contributed by atoms with Crippen molar-refractivity contribution in [2.24, 2.45) is 0 Å². The van der Waals surface area contributed by atoms with E-state index >= 15 is 0 Å². The largest absolute Gasteiger partial charge is 0.496 e. The van der Waals surface area contributed by atoms with Crippen molar-refractivity contribution in [2.75, 3.05) is 20.8 Å². The number of rotatable bonds is 6. The number of aryl methyl sites for hydroxylation is 1. The van der Waals surface area contributed by atoms with Crippen LogP contribution in [0, 0.1) is 6.92 Å². The number of piperidine rings is 1. The number of carbonyl (C=O) groups is 2. The number of esters is 1. The molecule has 1 unspecified atom stereocenters. The van der Waals surface area contributed by atoms with Crippen molar-refractivity contribution in [3.8, 4) is 5.75 Å². The summed E-state index contributed by atoms with van der Waals surface area (Å²) in [5, 5.41) is 0.966. The van der Waals surface area contributed by atoms with Gasteiger partial charge in [-0.1, -0.05) is 12.1 Å². The van der Waals surface area contributed by atoms with Crippen LogP contribution in [-0.2, 0) is 16.0 Å². The van der Waals surface area contributed by atoms with Gasteiger partial charge in [-0.2, -0.15) is 0 Å². The van der Waals surface area contributed by atoms with Crippen LogP contribution in [0.1, 0.15) is 78.2 Å². The molecule has 5 rings (SSSR count). The van der Waals surface area contributed by atoms with Gasteiger partial charge < -0.3 is 14.2 Å². The van der Waals surface area contributed by atoms with Crippen LogP contribution < -0.4 is 4.74 Å². The number of nitrogens with zero attached hydrogens (tertiary/aromatic N) is 3. The Morgan fingerprint density at radius 2 is 1.71 bits per heavy atom. The first-order valence-electron chi connectivity index (χ1n) is 14.3. The molecule has 0 aliphatic carbocycles. The summed E-state index contributed by atoms with van der Waals surface area (Å²) in [6, 6.07) is 16.0. The lowest BCUT2D eigenvalue weighted by Crippen LogP contribution is -2.36. The Bertz CT molecular complexity index is 1570. The van der Waals surface area contributed by atoms with E-state index in [1.807, 2.05) is 76.5 Å². The van der Waals surface area contributed by atoms with E-state index in [4.69, 9.17) is 14.2 Å². The molecule has 4 aromatic rings. The number of likely N-dealkylation sites (tertiary alicyclic amines) is 1. The number of hydrogen-bond acceptors (Lipinski definition) is 7. The fourth-order valence-electron chi connectivity index (χ4n) is 6.02. The SMILES string of the molecule is COC(=O)c1ccc([C@@H]2CC(c3ccncc3)CCN2Cc2c(OC)cc(C)c3c2ccn3C(=O)OC(C)(C)C)cc1. The molecule has 0 spiro atoms. The van der Waals surface area contributed by atoms with Gasteiger partial charge in [0.25, 0.3) is 0 Å². The van der Waals surface area contributed by atoms with Crippen molar-refractivity contribution in [3.63, 3.8) is 0 Å². The van der Waals surface area contributed by atoms with Gasteiger partial charge in [0.1, 0.15) is 11.4 Å². The average molecular weight is 570 g/mol. The van der Waals surface area contributed by atoms with Crippen LogP contribution in [0.25, 0.3) is 10.9 Å². The molecule has 0 bridgehead atoms. The third-order valence-corrected chi connectivity index (χ3v) is 8.01. The Kier molecular flexibility index (Phi) is 8.36. The van der Waals surface area contributed by atoms with Crippen LogP contribution in [0.15, 0.2) is 67.1 Å². The van der Waals surface area contributed by atoms with Gasteiger partial charge in [-0.3, -0.25) is 14.5 Å². The molecular weight excluding hydrogens is 530 g/mol. The highest BCUT2D eigenvalue weighted by molar-refractivity contribution is 5.95. The molecule has 0 N–H and O–H groups in total. The van der Waals surface area contributed by atoms with Gasteiger partial charge in [0.2, 0.25) is 0 Å². The summed E-state index contributed by atoms with van der Waals surface area (Å²) in [5.41, 5.74) is 5.13. The predicted molar refractivity (Wildman–Crippen MR) is 162 cm³/mol. The van der Waals surface area contributed by atoms with Crippen molar-refractivity contribution in [2.45, 2.75) is 64.6 Å². The van der Waals surface area contributed by atoms with Gasteiger partial charge >= 0.3 is 12.1 Å². The molecule has 220 valence electrons. The summed E-state index contributed by atoms with van der Waals surface area (Å²) in [6.45, 7) is 9.08. The summed E-state index contributed by atoms with van der Waals surface area (Å²) >= 11 is 0. The van der Waals surface area contributed by atoms with Gasteiger partial charge in [-0.25, -0.2) is 9.59 Å². The average Bonchev–Trinajstić information content (AvgIpc) is 3.44. The molecule has 3 heterocycles. The smallest absolute Gasteiger partial charge is 0.419 e. The second kappa shape index (κ2) is 12.0. The van der Waals surface area contributed by atoms with Gasteiger partial charge in [-0.15, -0.1) is 0 Å². The van der Waals surface area contributed by atoms with Crippen molar-refractivity contribution in [1.29, 1.82) is 0 Å². The summed E-state index contributed by atoms with van der Waals surface area (Å²) in [6.07, 6.45) is 7.00. The normalized spacial score (nSPS) is 17.7. The molecule has 0 radical (unpaired) electrons. The lowest BCUT2D eigenvalue weighted by atomic mass is 9.82. The molecule has 1 aliphatic rings. The number of aromatic nitrogens is 2. The third-order valence-electron chi connectivity index (χ3n) is 8.01. The molecule has 8 nitrogen and oxygen atoms in total. The second-order valence-electron chi connectivity index (χ2n) is 11.9. The number of carbonyl (C=O) groups excluding carboxylic acids is 2. The van der Waals surface area contributed by atoms with E-state index < -0.39 is 11.7 Å². The van der Waals surface area contributed by atoms with Crippen molar-refractivity contribution in [1.82, 2.24) is 14.5 Å². The van der Waals surface area contributed by atoms with Crippen LogP contribution in [0.3, 0.4) is 0 Å². The number of fused-ring (bicyclic) bond motifs is 1. The van der Waals surface area contributed by atoms with Gasteiger partial charge in [0.15, 0.2) is 0 Å². The minimum atomic E-state index is -0.604. The Labute approximate surface area is 247 Å². The molecule has 2 aromatic heterocycles. The molecule has 1 fully saturated rings. The predicted octanol–water partition coefficient (Wildman–Crippen LogP) is 7.04. The van der Waals surface area contributed by atoms with Crippen molar-refractivity contribution < 1.29 is 23.8 Å². The molecule has 1 aliphatic heterocycles. The molecular formula is C34H39N3O5. The van der Waals surface area contributed by atoms with E-state index in [0.717, 1.165) is 52.7 Å². The third kappa shape index (κ3) is 6.04. The minimum absolute atomic E-state index is 0.0950. The molecule has 0 saturated carbocycles. The number of benzene rings is 2. The maximum atomic E-state index is 13.1. The standard InChI is InChI=1S/C34H39N3O5/c1-22-19-30(40-5)28(27-14-18-37(31(22)27)33(39)42-34(2,3)4)21-36-17-13-26(23-11-15-35-16-12-23)20-29(36)24-7-9-25(10-8-24)32(38)41-6/h7-12,14-16,18-19,26,29H,13,17,20-21H2,1-6H3/t26?,29-/m0/s1. The van der Waals surface area contributed by atoms with Crippen LogP contribution in [0.4, 0.5) is 4.79 Å². The highest BCUT2D eigenvalue weighted by Crippen LogP contribution is 2.42. The van der Waals surface area contributed by atoms with E-state index in [0.29, 0.717) is 18.0 Å². The minimum Gasteiger partial charge on any atom is -0.496 e. The van der Waals surface area contributed by atoms with Gasteiger partial charge in [-0.05, 0) is 106 Å². The topological polar surface area (TPSA) is 82.9 Å². The monoisotopic (exact) mass is 569 g/mol. The lowest BCUT2D eigenvalue weighted by Gasteiger charge is -2.40. The Morgan fingerprint density at radius 1 is 1.00 bits per heavy atom. The van der Waals surface area contributed by atoms with Crippen molar-refractivity contribution in [3.05, 3.63) is 94.9 Å².